The first-order chi connectivity index (χ1) is 14.2. The number of benzene rings is 2. The van der Waals surface area contributed by atoms with Crippen LogP contribution in [0.25, 0.3) is 0 Å². The lowest BCUT2D eigenvalue weighted by atomic mass is 10.2. The van der Waals surface area contributed by atoms with Crippen molar-refractivity contribution in [1.82, 2.24) is 19.9 Å². The van der Waals surface area contributed by atoms with Gasteiger partial charge in [0.1, 0.15) is 11.6 Å². The molecule has 1 fully saturated rings. The zero-order valence-electron chi connectivity index (χ0n) is 16.5. The van der Waals surface area contributed by atoms with Gasteiger partial charge in [-0.2, -0.15) is 15.0 Å². The number of ether oxygens (including phenoxy) is 1. The molecule has 1 aromatic heterocycles. The molecule has 2 heterocycles. The van der Waals surface area contributed by atoms with E-state index in [2.05, 4.69) is 54.3 Å². The lowest BCUT2D eigenvalue weighted by Gasteiger charge is -2.35. The van der Waals surface area contributed by atoms with Crippen LogP contribution in [0.3, 0.4) is 0 Å². The maximum Gasteiger partial charge on any atom is 0.232 e. The second-order valence-electron chi connectivity index (χ2n) is 6.89. The first-order valence-corrected chi connectivity index (χ1v) is 9.63. The van der Waals surface area contributed by atoms with Crippen LogP contribution in [0.4, 0.5) is 23.3 Å². The quantitative estimate of drug-likeness (QED) is 0.662. The molecule has 0 spiro atoms. The molecule has 0 aliphatic carbocycles. The Bertz CT molecular complexity index is 926. The summed E-state index contributed by atoms with van der Waals surface area (Å²) in [5.74, 6) is 2.12. The predicted octanol–water partition coefficient (Wildman–Crippen LogP) is 2.53. The molecule has 150 valence electrons. The Morgan fingerprint density at radius 2 is 1.66 bits per heavy atom. The van der Waals surface area contributed by atoms with Gasteiger partial charge in [-0.3, -0.25) is 4.90 Å². The van der Waals surface area contributed by atoms with E-state index in [0.29, 0.717) is 18.3 Å². The molecule has 0 atom stereocenters. The molecule has 8 nitrogen and oxygen atoms in total. The molecule has 0 amide bonds. The first kappa shape index (κ1) is 18.9. The molecule has 4 rings (SSSR count). The van der Waals surface area contributed by atoms with Gasteiger partial charge in [-0.25, -0.2) is 0 Å². The molecule has 1 aliphatic heterocycles. The van der Waals surface area contributed by atoms with Crippen molar-refractivity contribution in [3.05, 3.63) is 60.4 Å². The minimum atomic E-state index is 0.217. The Labute approximate surface area is 170 Å². The number of methoxy groups -OCH3 is 1. The molecule has 1 aliphatic rings. The van der Waals surface area contributed by atoms with Crippen molar-refractivity contribution in [3.8, 4) is 5.75 Å². The van der Waals surface area contributed by atoms with Crippen molar-refractivity contribution >= 4 is 23.3 Å². The van der Waals surface area contributed by atoms with E-state index in [1.165, 1.54) is 5.69 Å². The number of para-hydroxylation sites is 1. The van der Waals surface area contributed by atoms with E-state index in [1.54, 1.807) is 7.11 Å². The van der Waals surface area contributed by atoms with Gasteiger partial charge in [0.25, 0.3) is 0 Å². The second-order valence-corrected chi connectivity index (χ2v) is 6.89. The third kappa shape index (κ3) is 4.91. The van der Waals surface area contributed by atoms with E-state index in [-0.39, 0.29) is 5.95 Å². The normalized spacial score (nSPS) is 14.6. The summed E-state index contributed by atoms with van der Waals surface area (Å²) in [7, 11) is 1.64. The van der Waals surface area contributed by atoms with Gasteiger partial charge in [0, 0.05) is 37.6 Å². The van der Waals surface area contributed by atoms with Crippen LogP contribution in [0.15, 0.2) is 54.6 Å². The van der Waals surface area contributed by atoms with E-state index < -0.39 is 0 Å². The number of hydrogen-bond acceptors (Lipinski definition) is 8. The Morgan fingerprint density at radius 3 is 2.34 bits per heavy atom. The van der Waals surface area contributed by atoms with Crippen molar-refractivity contribution in [1.29, 1.82) is 0 Å². The zero-order valence-corrected chi connectivity index (χ0v) is 16.5. The average Bonchev–Trinajstić information content (AvgIpc) is 2.75. The monoisotopic (exact) mass is 391 g/mol. The molecule has 0 bridgehead atoms. The van der Waals surface area contributed by atoms with Crippen LogP contribution in [0.1, 0.15) is 5.82 Å². The molecule has 0 saturated carbocycles. The van der Waals surface area contributed by atoms with Gasteiger partial charge in [-0.1, -0.05) is 18.2 Å². The number of piperazine rings is 1. The highest BCUT2D eigenvalue weighted by Gasteiger charge is 2.18. The Balaban J connectivity index is 1.38. The molecule has 8 heteroatoms. The number of hydrogen-bond donors (Lipinski definition) is 2. The summed E-state index contributed by atoms with van der Waals surface area (Å²) < 4.78 is 5.18. The molecular weight excluding hydrogens is 366 g/mol. The van der Waals surface area contributed by atoms with Crippen molar-refractivity contribution in [3.63, 3.8) is 0 Å². The number of anilines is 4. The maximum atomic E-state index is 5.91. The highest BCUT2D eigenvalue weighted by atomic mass is 16.5. The lowest BCUT2D eigenvalue weighted by molar-refractivity contribution is 0.244. The molecule has 0 unspecified atom stereocenters. The topological polar surface area (TPSA) is 92.4 Å². The van der Waals surface area contributed by atoms with Crippen LogP contribution in [-0.2, 0) is 6.54 Å². The molecule has 0 radical (unpaired) electrons. The third-order valence-electron chi connectivity index (χ3n) is 4.90. The van der Waals surface area contributed by atoms with E-state index in [9.17, 15) is 0 Å². The van der Waals surface area contributed by atoms with Gasteiger partial charge in [0.2, 0.25) is 11.9 Å². The fourth-order valence-electron chi connectivity index (χ4n) is 3.37. The first-order valence-electron chi connectivity index (χ1n) is 9.63. The van der Waals surface area contributed by atoms with Crippen LogP contribution >= 0.6 is 0 Å². The summed E-state index contributed by atoms with van der Waals surface area (Å²) in [6.07, 6.45) is 0. The fourth-order valence-corrected chi connectivity index (χ4v) is 3.37. The number of rotatable bonds is 6. The van der Waals surface area contributed by atoms with E-state index >= 15 is 0 Å². The zero-order chi connectivity index (χ0) is 20.1. The maximum absolute atomic E-state index is 5.91. The highest BCUT2D eigenvalue weighted by Crippen LogP contribution is 2.19. The van der Waals surface area contributed by atoms with Crippen molar-refractivity contribution in [2.45, 2.75) is 6.54 Å². The number of nitrogens with zero attached hydrogens (tertiary/aromatic N) is 5. The van der Waals surface area contributed by atoms with Crippen molar-refractivity contribution in [2.24, 2.45) is 0 Å². The highest BCUT2D eigenvalue weighted by molar-refractivity contribution is 5.55. The van der Waals surface area contributed by atoms with Gasteiger partial charge < -0.3 is 20.7 Å². The molecule has 2 aromatic carbocycles. The molecule has 1 saturated heterocycles. The summed E-state index contributed by atoms with van der Waals surface area (Å²) in [5.41, 5.74) is 8.04. The van der Waals surface area contributed by atoms with Gasteiger partial charge >= 0.3 is 0 Å². The summed E-state index contributed by atoms with van der Waals surface area (Å²) in [4.78, 5) is 17.8. The van der Waals surface area contributed by atoms with Crippen LogP contribution in [0.5, 0.6) is 5.75 Å². The minimum Gasteiger partial charge on any atom is -0.497 e. The standard InChI is InChI=1S/C21H25N7O/c1-29-18-9-7-16(8-10-18)23-21-25-19(24-20(22)26-21)15-27-11-13-28(14-12-27)17-5-3-2-4-6-17/h2-10H,11-15H2,1H3,(H3,22,23,24,25,26). The molecular formula is C21H25N7O. The molecule has 3 aromatic rings. The third-order valence-corrected chi connectivity index (χ3v) is 4.90. The summed E-state index contributed by atoms with van der Waals surface area (Å²) in [6.45, 7) is 4.49. The van der Waals surface area contributed by atoms with E-state index in [4.69, 9.17) is 10.5 Å². The van der Waals surface area contributed by atoms with Crippen molar-refractivity contribution in [2.75, 3.05) is 49.2 Å². The number of nitrogens with one attached hydrogen (secondary N) is 1. The fraction of sp³-hybridized carbons (Fsp3) is 0.286. The minimum absolute atomic E-state index is 0.217. The smallest absolute Gasteiger partial charge is 0.232 e. The molecule has 3 N–H and O–H groups in total. The summed E-state index contributed by atoms with van der Waals surface area (Å²) >= 11 is 0. The van der Waals surface area contributed by atoms with Crippen LogP contribution in [-0.4, -0.2) is 53.1 Å². The SMILES string of the molecule is COc1ccc(Nc2nc(N)nc(CN3CCN(c4ccccc4)CC3)n2)cc1. The van der Waals surface area contributed by atoms with Gasteiger partial charge in [0.15, 0.2) is 0 Å². The van der Waals surface area contributed by atoms with Gasteiger partial charge in [-0.05, 0) is 36.4 Å². The van der Waals surface area contributed by atoms with Crippen LogP contribution < -0.4 is 20.7 Å². The predicted molar refractivity (Wildman–Crippen MR) is 114 cm³/mol. The van der Waals surface area contributed by atoms with Gasteiger partial charge in [-0.15, -0.1) is 0 Å². The summed E-state index contributed by atoms with van der Waals surface area (Å²) in [5, 5.41) is 3.18. The lowest BCUT2D eigenvalue weighted by Crippen LogP contribution is -2.46. The number of nitrogens with two attached hydrogens (primary N) is 1. The van der Waals surface area contributed by atoms with Crippen molar-refractivity contribution < 1.29 is 4.74 Å². The number of nitrogen functional groups attached to an aromatic ring is 1. The van der Waals surface area contributed by atoms with E-state index in [0.717, 1.165) is 37.6 Å². The number of aromatic nitrogens is 3. The average molecular weight is 391 g/mol. The summed E-state index contributed by atoms with van der Waals surface area (Å²) in [6, 6.07) is 18.1. The van der Waals surface area contributed by atoms with Crippen LogP contribution in [0.2, 0.25) is 0 Å². The Hall–Kier alpha value is -3.39. The van der Waals surface area contributed by atoms with Crippen LogP contribution in [0, 0.1) is 0 Å². The second kappa shape index (κ2) is 8.74. The Morgan fingerprint density at radius 1 is 0.931 bits per heavy atom. The van der Waals surface area contributed by atoms with Gasteiger partial charge in [0.05, 0.1) is 13.7 Å². The largest absolute Gasteiger partial charge is 0.497 e. The molecule has 29 heavy (non-hydrogen) atoms. The Kier molecular flexibility index (Phi) is 5.71. The van der Waals surface area contributed by atoms with E-state index in [1.807, 2.05) is 30.3 Å².